The fraction of sp³-hybridized carbons (Fsp3) is 0.207. The zero-order valence-corrected chi connectivity index (χ0v) is 21.8. The van der Waals surface area contributed by atoms with E-state index in [0.717, 1.165) is 44.1 Å². The molecule has 1 unspecified atom stereocenters. The number of hydrogen-bond donors (Lipinski definition) is 1. The number of anilines is 1. The number of urea groups is 1. The van der Waals surface area contributed by atoms with Gasteiger partial charge in [-0.05, 0) is 81.0 Å². The number of nitrogens with one attached hydrogen (secondary N) is 1. The quantitative estimate of drug-likeness (QED) is 0.299. The van der Waals surface area contributed by atoms with Gasteiger partial charge in [-0.1, -0.05) is 47.1 Å². The molecule has 7 heteroatoms. The number of benzene rings is 3. The molecule has 1 aliphatic rings. The van der Waals surface area contributed by atoms with Gasteiger partial charge in [-0.15, -0.1) is 11.8 Å². The van der Waals surface area contributed by atoms with Gasteiger partial charge < -0.3 is 9.84 Å². The number of thioether (sulfide) groups is 1. The van der Waals surface area contributed by atoms with Crippen LogP contribution in [0.1, 0.15) is 41.1 Å². The summed E-state index contributed by atoms with van der Waals surface area (Å²) in [6.45, 7) is 8.07. The Morgan fingerprint density at radius 3 is 2.42 bits per heavy atom. The van der Waals surface area contributed by atoms with Crippen molar-refractivity contribution in [3.63, 3.8) is 0 Å². The largest absolute Gasteiger partial charge is 0.334 e. The van der Waals surface area contributed by atoms with E-state index in [9.17, 15) is 4.79 Å². The summed E-state index contributed by atoms with van der Waals surface area (Å²) in [5.74, 6) is 0.900. The normalized spacial score (nSPS) is 15.9. The van der Waals surface area contributed by atoms with Crippen molar-refractivity contribution in [2.24, 2.45) is 0 Å². The van der Waals surface area contributed by atoms with Gasteiger partial charge >= 0.3 is 6.03 Å². The molecule has 5 rings (SSSR count). The third-order valence-corrected chi connectivity index (χ3v) is 7.36. The fourth-order valence-electron chi connectivity index (χ4n) is 4.48. The molecule has 0 aliphatic carbocycles. The molecule has 1 N–H and O–H groups in total. The van der Waals surface area contributed by atoms with Crippen LogP contribution < -0.4 is 10.2 Å². The maximum absolute atomic E-state index is 13.5. The smallest absolute Gasteiger partial charge is 0.326 e. The van der Waals surface area contributed by atoms with E-state index in [1.54, 1.807) is 16.7 Å². The molecule has 1 atom stereocenters. The molecule has 36 heavy (non-hydrogen) atoms. The molecule has 2 heterocycles. The number of aromatic nitrogens is 2. The molecule has 3 aromatic carbocycles. The van der Waals surface area contributed by atoms with Crippen LogP contribution in [0.4, 0.5) is 10.5 Å². The van der Waals surface area contributed by atoms with Crippen LogP contribution in [0.2, 0.25) is 0 Å². The third kappa shape index (κ3) is 4.42. The van der Waals surface area contributed by atoms with Crippen LogP contribution in [0.15, 0.2) is 81.8 Å². The minimum Gasteiger partial charge on any atom is -0.334 e. The second-order valence-corrected chi connectivity index (χ2v) is 9.93. The lowest BCUT2D eigenvalue weighted by atomic mass is 9.94. The van der Waals surface area contributed by atoms with Gasteiger partial charge in [0.05, 0.1) is 17.3 Å². The number of aryl methyl sites for hydroxylation is 3. The molecule has 0 fully saturated rings. The highest BCUT2D eigenvalue weighted by Crippen LogP contribution is 2.39. The first-order chi connectivity index (χ1) is 17.4. The minimum atomic E-state index is -0.429. The maximum atomic E-state index is 13.5. The van der Waals surface area contributed by atoms with Gasteiger partial charge in [0, 0.05) is 16.2 Å². The highest BCUT2D eigenvalue weighted by Gasteiger charge is 2.36. The van der Waals surface area contributed by atoms with Gasteiger partial charge in [0.2, 0.25) is 5.82 Å². The topological polar surface area (TPSA) is 71.3 Å². The van der Waals surface area contributed by atoms with Crippen LogP contribution in [0, 0.1) is 20.8 Å². The average Bonchev–Trinajstić information content (AvgIpc) is 3.36. The van der Waals surface area contributed by atoms with Gasteiger partial charge in [0.15, 0.2) is 0 Å². The predicted molar refractivity (Wildman–Crippen MR) is 145 cm³/mol. The maximum Gasteiger partial charge on any atom is 0.326 e. The lowest BCUT2D eigenvalue weighted by molar-refractivity contribution is 0.244. The molecule has 1 aliphatic heterocycles. The van der Waals surface area contributed by atoms with Crippen molar-refractivity contribution in [2.45, 2.75) is 38.6 Å². The molecule has 0 saturated heterocycles. The van der Waals surface area contributed by atoms with E-state index < -0.39 is 6.04 Å². The van der Waals surface area contributed by atoms with Gasteiger partial charge in [-0.25, -0.2) is 4.79 Å². The van der Waals surface area contributed by atoms with E-state index in [2.05, 4.69) is 29.5 Å². The Morgan fingerprint density at radius 2 is 1.72 bits per heavy atom. The van der Waals surface area contributed by atoms with Gasteiger partial charge in [0.25, 0.3) is 5.89 Å². The summed E-state index contributed by atoms with van der Waals surface area (Å²) in [4.78, 5) is 21.1. The first-order valence-corrected chi connectivity index (χ1v) is 13.0. The summed E-state index contributed by atoms with van der Waals surface area (Å²) in [7, 11) is 0. The lowest BCUT2D eigenvalue weighted by Gasteiger charge is -2.35. The van der Waals surface area contributed by atoms with Gasteiger partial charge in [0.1, 0.15) is 0 Å². The molecule has 4 aromatic rings. The number of carbonyl (C=O) groups excluding carboxylic acids is 1. The number of allylic oxidation sites excluding steroid dienone is 1. The number of nitrogens with zero attached hydrogens (tertiary/aromatic N) is 3. The Morgan fingerprint density at radius 1 is 0.944 bits per heavy atom. The van der Waals surface area contributed by atoms with E-state index >= 15 is 0 Å². The van der Waals surface area contributed by atoms with Crippen LogP contribution in [-0.2, 0) is 0 Å². The molecule has 0 bridgehead atoms. The molecule has 2 amide bonds. The van der Waals surface area contributed by atoms with Crippen molar-refractivity contribution < 1.29 is 9.32 Å². The monoisotopic (exact) mass is 496 g/mol. The molecule has 1 aromatic heterocycles. The summed E-state index contributed by atoms with van der Waals surface area (Å²) in [6, 6.07) is 21.6. The standard InChI is InChI=1S/C29H28N4O2S/c1-17-7-6-8-22(15-17)27-31-28(35-32-27)25-20(4)33(23-12-9-18(2)19(3)16-23)29(34)30-26(25)21-10-13-24(36-5)14-11-21/h6-16,26H,1-5H3,(H,30,34). The first-order valence-electron chi connectivity index (χ1n) is 11.8. The second kappa shape index (κ2) is 9.66. The summed E-state index contributed by atoms with van der Waals surface area (Å²) in [5, 5.41) is 7.46. The van der Waals surface area contributed by atoms with Crippen LogP contribution in [0.25, 0.3) is 17.0 Å². The first kappa shape index (κ1) is 23.9. The molecule has 6 nitrogen and oxygen atoms in total. The highest BCUT2D eigenvalue weighted by molar-refractivity contribution is 7.98. The van der Waals surface area contributed by atoms with Crippen LogP contribution in [0.3, 0.4) is 0 Å². The van der Waals surface area contributed by atoms with E-state index in [-0.39, 0.29) is 6.03 Å². The van der Waals surface area contributed by atoms with Crippen molar-refractivity contribution in [2.75, 3.05) is 11.2 Å². The van der Waals surface area contributed by atoms with Gasteiger partial charge in [-0.2, -0.15) is 4.98 Å². The third-order valence-electron chi connectivity index (χ3n) is 6.62. The van der Waals surface area contributed by atoms with Crippen LogP contribution >= 0.6 is 11.8 Å². The number of amides is 2. The summed E-state index contributed by atoms with van der Waals surface area (Å²) in [6.07, 6.45) is 2.04. The second-order valence-electron chi connectivity index (χ2n) is 9.05. The van der Waals surface area contributed by atoms with E-state index in [0.29, 0.717) is 11.7 Å². The molecular formula is C29H28N4O2S. The lowest BCUT2D eigenvalue weighted by Crippen LogP contribution is -2.46. The van der Waals surface area contributed by atoms with Crippen LogP contribution in [0.5, 0.6) is 0 Å². The molecular weight excluding hydrogens is 468 g/mol. The Bertz CT molecular complexity index is 1470. The number of rotatable bonds is 5. The van der Waals surface area contributed by atoms with Crippen molar-refractivity contribution in [1.29, 1.82) is 0 Å². The predicted octanol–water partition coefficient (Wildman–Crippen LogP) is 7.09. The number of hydrogen-bond acceptors (Lipinski definition) is 5. The zero-order chi connectivity index (χ0) is 25.4. The zero-order valence-electron chi connectivity index (χ0n) is 21.0. The van der Waals surface area contributed by atoms with Crippen LogP contribution in [-0.4, -0.2) is 22.4 Å². The fourth-order valence-corrected chi connectivity index (χ4v) is 4.88. The Kier molecular flexibility index (Phi) is 6.41. The Hall–Kier alpha value is -3.84. The summed E-state index contributed by atoms with van der Waals surface area (Å²) >= 11 is 1.68. The average molecular weight is 497 g/mol. The minimum absolute atomic E-state index is 0.197. The van der Waals surface area contributed by atoms with Crippen molar-refractivity contribution >= 4 is 29.1 Å². The summed E-state index contributed by atoms with van der Waals surface area (Å²) < 4.78 is 5.83. The van der Waals surface area contributed by atoms with E-state index in [1.807, 2.05) is 81.6 Å². The van der Waals surface area contributed by atoms with Crippen molar-refractivity contribution in [3.05, 3.63) is 101 Å². The van der Waals surface area contributed by atoms with Crippen molar-refractivity contribution in [1.82, 2.24) is 15.5 Å². The highest BCUT2D eigenvalue weighted by atomic mass is 32.2. The van der Waals surface area contributed by atoms with E-state index in [1.165, 1.54) is 5.56 Å². The molecule has 182 valence electrons. The Labute approximate surface area is 215 Å². The summed E-state index contributed by atoms with van der Waals surface area (Å²) in [5.41, 5.74) is 7.55. The number of carbonyl (C=O) groups is 1. The van der Waals surface area contributed by atoms with E-state index in [4.69, 9.17) is 9.51 Å². The Balaban J connectivity index is 1.65. The van der Waals surface area contributed by atoms with Gasteiger partial charge in [-0.3, -0.25) is 4.90 Å². The SMILES string of the molecule is CSc1ccc(C2NC(=O)N(c3ccc(C)c(C)c3)C(C)=C2c2nc(-c3cccc(C)c3)no2)cc1. The molecule has 0 radical (unpaired) electrons. The molecule has 0 spiro atoms. The molecule has 0 saturated carbocycles. The van der Waals surface area contributed by atoms with Crippen molar-refractivity contribution in [3.8, 4) is 11.4 Å².